The van der Waals surface area contributed by atoms with Gasteiger partial charge in [-0.25, -0.2) is 22.8 Å². The highest BCUT2D eigenvalue weighted by Gasteiger charge is 2.45. The quantitative estimate of drug-likeness (QED) is 0.153. The largest absolute Gasteiger partial charge is 0.372 e. The lowest BCUT2D eigenvalue weighted by Gasteiger charge is -2.47. The van der Waals surface area contributed by atoms with E-state index in [9.17, 15) is 32.4 Å². The molecule has 0 saturated carbocycles. The Morgan fingerprint density at radius 3 is 2.43 bits per heavy atom. The molecule has 2 unspecified atom stereocenters. The van der Waals surface area contributed by atoms with Crippen LogP contribution in [0.3, 0.4) is 0 Å². The first-order valence-corrected chi connectivity index (χ1v) is 25.5. The van der Waals surface area contributed by atoms with E-state index in [4.69, 9.17) is 19.8 Å². The maximum absolute atomic E-state index is 15.9. The molecule has 10 rings (SSSR count). The van der Waals surface area contributed by atoms with E-state index in [1.165, 1.54) is 12.3 Å². The zero-order valence-electron chi connectivity index (χ0n) is 38.3. The Balaban J connectivity index is 0.774. The molecule has 0 radical (unpaired) electrons. The Labute approximate surface area is 397 Å². The van der Waals surface area contributed by atoms with Crippen molar-refractivity contribution in [1.29, 1.82) is 0 Å². The van der Waals surface area contributed by atoms with Gasteiger partial charge in [0.25, 0.3) is 11.8 Å². The van der Waals surface area contributed by atoms with Crippen LogP contribution in [0.25, 0.3) is 10.8 Å². The minimum absolute atomic E-state index is 0.0327. The monoisotopic (exact) mass is 964 g/mol. The van der Waals surface area contributed by atoms with E-state index in [1.807, 2.05) is 17.9 Å². The number of alkyl halides is 1. The number of aromatic nitrogens is 5. The summed E-state index contributed by atoms with van der Waals surface area (Å²) in [6.07, 6.45) is 7.04. The molecule has 0 spiro atoms. The molecule has 6 atom stereocenters. The summed E-state index contributed by atoms with van der Waals surface area (Å²) in [5, 5.41) is 16.3. The summed E-state index contributed by atoms with van der Waals surface area (Å²) in [6.45, 7) is 8.40. The first-order valence-electron chi connectivity index (χ1n) is 23.4. The fourth-order valence-corrected chi connectivity index (χ4v) is 11.8. The first kappa shape index (κ1) is 46.1. The van der Waals surface area contributed by atoms with Gasteiger partial charge in [0.1, 0.15) is 33.7 Å². The van der Waals surface area contributed by atoms with Gasteiger partial charge in [-0.3, -0.25) is 34.2 Å². The summed E-state index contributed by atoms with van der Waals surface area (Å²) in [7, 11) is -3.17. The lowest BCUT2D eigenvalue weighted by Crippen LogP contribution is -2.57. The Kier molecular flexibility index (Phi) is 12.2. The number of imide groups is 2. The van der Waals surface area contributed by atoms with Crippen LogP contribution in [0.1, 0.15) is 84.3 Å². The molecule has 1 aromatic carbocycles. The van der Waals surface area contributed by atoms with Crippen LogP contribution in [0, 0.1) is 5.92 Å². The van der Waals surface area contributed by atoms with Gasteiger partial charge in [-0.15, -0.1) is 5.10 Å². The fraction of sp³-hybridized carbons (Fsp3) is 0.489. The van der Waals surface area contributed by atoms with Crippen molar-refractivity contribution in [3.63, 3.8) is 0 Å². The molecule has 0 bridgehead atoms. The first-order chi connectivity index (χ1) is 33.1. The number of carbonyl (C=O) groups is 5. The highest BCUT2D eigenvalue weighted by molar-refractivity contribution is 7.90. The molecule has 69 heavy (non-hydrogen) atoms. The molecule has 4 aromatic rings. The predicted octanol–water partition coefficient (Wildman–Crippen LogP) is 3.28. The summed E-state index contributed by atoms with van der Waals surface area (Å²) in [6, 6.07) is 7.16. The Morgan fingerprint density at radius 1 is 0.913 bits per heavy atom. The number of carbonyl (C=O) groups excluding carboxylic acids is 5. The van der Waals surface area contributed by atoms with E-state index < -0.39 is 51.8 Å². The number of sulfone groups is 1. The Hall–Kier alpha value is -6.68. The van der Waals surface area contributed by atoms with E-state index in [1.54, 1.807) is 46.5 Å². The molecule has 5 amide bonds. The molecule has 5 fully saturated rings. The van der Waals surface area contributed by atoms with Crippen molar-refractivity contribution in [2.24, 2.45) is 5.92 Å². The number of amides is 5. The van der Waals surface area contributed by atoms with Crippen LogP contribution in [0.5, 0.6) is 0 Å². The van der Waals surface area contributed by atoms with Gasteiger partial charge in [0.2, 0.25) is 23.7 Å². The van der Waals surface area contributed by atoms with Gasteiger partial charge >= 0.3 is 0 Å². The van der Waals surface area contributed by atoms with Crippen molar-refractivity contribution in [3.05, 3.63) is 72.2 Å². The zero-order valence-corrected chi connectivity index (χ0v) is 39.1. The average molecular weight is 965 g/mol. The maximum Gasteiger partial charge on any atom is 0.262 e. The summed E-state index contributed by atoms with van der Waals surface area (Å²) < 4.78 is 46.5. The number of anilines is 5. The second-order valence-corrected chi connectivity index (χ2v) is 21.0. The lowest BCUT2D eigenvalue weighted by molar-refractivity contribution is -0.136. The number of rotatable bonds is 12. The second kappa shape index (κ2) is 18.3. The number of nitrogens with one attached hydrogen (secondary N) is 2. The van der Waals surface area contributed by atoms with E-state index in [-0.39, 0.29) is 66.3 Å². The third-order valence-electron chi connectivity index (χ3n) is 14.4. The molecule has 20 nitrogen and oxygen atoms in total. The van der Waals surface area contributed by atoms with Gasteiger partial charge in [-0.05, 0) is 81.9 Å². The fourth-order valence-electron chi connectivity index (χ4n) is 10.6. The molecule has 362 valence electrons. The van der Waals surface area contributed by atoms with Crippen LogP contribution in [0.15, 0.2) is 55.4 Å². The van der Waals surface area contributed by atoms with E-state index in [0.717, 1.165) is 27.8 Å². The van der Waals surface area contributed by atoms with Crippen molar-refractivity contribution in [2.75, 3.05) is 71.3 Å². The number of hydrogen-bond donors (Lipinski definition) is 2. The minimum atomic E-state index is -3.17. The molecule has 5 saturated heterocycles. The number of ether oxygens (including phenoxy) is 1. The van der Waals surface area contributed by atoms with Crippen LogP contribution >= 0.6 is 0 Å². The van der Waals surface area contributed by atoms with E-state index >= 15 is 4.39 Å². The third-order valence-corrected chi connectivity index (χ3v) is 15.4. The van der Waals surface area contributed by atoms with Crippen LogP contribution in [0.4, 0.5) is 33.5 Å². The van der Waals surface area contributed by atoms with Crippen LogP contribution in [-0.2, 0) is 29.0 Å². The third kappa shape index (κ3) is 8.94. The van der Waals surface area contributed by atoms with Gasteiger partial charge in [-0.2, -0.15) is 10.1 Å². The molecule has 22 heteroatoms. The van der Waals surface area contributed by atoms with Crippen molar-refractivity contribution in [2.45, 2.75) is 88.4 Å². The molecule has 6 aliphatic rings. The molecular formula is C47H53FN12O8S. The van der Waals surface area contributed by atoms with Crippen LogP contribution in [-0.4, -0.2) is 155 Å². The number of likely N-dealkylation sites (tertiary alicyclic amines) is 1. The normalized spacial score (nSPS) is 25.5. The number of nitrogens with zero attached hydrogens (tertiary/aromatic N) is 10. The van der Waals surface area contributed by atoms with Gasteiger partial charge in [0.15, 0.2) is 5.82 Å². The summed E-state index contributed by atoms with van der Waals surface area (Å²) in [5.41, 5.74) is 1.82. The number of benzene rings is 1. The lowest BCUT2D eigenvalue weighted by atomic mass is 9.91. The van der Waals surface area contributed by atoms with E-state index in [0.29, 0.717) is 87.5 Å². The standard InChI is InChI=1S/C47H53FN12O8S/c1-4-41(62)58-16-5-6-35(58)42-31-21-39(50-22-33(31)43(55-54-42)59-23-27(26(59)2)25-69(3,66)67)51-38-11-15-49-47(52-38)57-19-14-37(34(48)24-57)68-29-12-17-56(18-13-29)28-7-8-30-32(20-28)46(65)60(45(30)64)36-9-10-40(61)53-44(36)63/h4,7-8,11,15,20-22,26-27,29,34-37H,1,5-6,9-10,12-14,16-19,23-25H2,2-3H3,(H,53,61,63)(H,49,50,51,52)/t26-,27-,34+,35?,36?,37-/m1/s1. The van der Waals surface area contributed by atoms with Crippen molar-refractivity contribution in [1.82, 2.24) is 40.3 Å². The number of piperidine rings is 3. The molecule has 2 N–H and O–H groups in total. The van der Waals surface area contributed by atoms with Crippen molar-refractivity contribution >= 4 is 79.2 Å². The van der Waals surface area contributed by atoms with Gasteiger partial charge in [0, 0.05) is 86.2 Å². The highest BCUT2D eigenvalue weighted by atomic mass is 32.2. The SMILES string of the molecule is C=CC(=O)N1CCCC1c1nnc(N2C[C@H](CS(C)(=O)=O)[C@H]2C)c2cnc(Nc3ccnc(N4CC[C@@H](OC5CCN(c6ccc7c(c6)C(=O)N(C6CCC(=O)NC6=O)C7=O)CC5)[C@@H](F)C4)n3)cc12. The molecule has 3 aromatic heterocycles. The highest BCUT2D eigenvalue weighted by Crippen LogP contribution is 2.41. The summed E-state index contributed by atoms with van der Waals surface area (Å²) >= 11 is 0. The average Bonchev–Trinajstić information content (AvgIpc) is 3.92. The second-order valence-electron chi connectivity index (χ2n) is 18.8. The van der Waals surface area contributed by atoms with Crippen LogP contribution in [0.2, 0.25) is 0 Å². The number of halogens is 1. The van der Waals surface area contributed by atoms with Crippen molar-refractivity contribution < 1.29 is 41.5 Å². The number of pyridine rings is 1. The number of hydrogen-bond acceptors (Lipinski definition) is 17. The smallest absolute Gasteiger partial charge is 0.262 e. The van der Waals surface area contributed by atoms with Gasteiger partial charge in [0.05, 0.1) is 47.4 Å². The summed E-state index contributed by atoms with van der Waals surface area (Å²) in [4.78, 5) is 86.2. The molecule has 6 aliphatic heterocycles. The topological polar surface area (TPSA) is 233 Å². The van der Waals surface area contributed by atoms with Crippen LogP contribution < -0.4 is 25.3 Å². The molecule has 0 aliphatic carbocycles. The summed E-state index contributed by atoms with van der Waals surface area (Å²) in [5.74, 6) is -0.537. The Bertz CT molecular complexity index is 2880. The van der Waals surface area contributed by atoms with Gasteiger partial charge in [-0.1, -0.05) is 6.58 Å². The molecule has 9 heterocycles. The zero-order chi connectivity index (χ0) is 48.3. The number of fused-ring (bicyclic) bond motifs is 2. The minimum Gasteiger partial charge on any atom is -0.372 e. The van der Waals surface area contributed by atoms with E-state index in [2.05, 4.69) is 32.2 Å². The molecular weight excluding hydrogens is 912 g/mol. The van der Waals surface area contributed by atoms with Gasteiger partial charge < -0.3 is 29.7 Å². The predicted molar refractivity (Wildman–Crippen MR) is 251 cm³/mol. The van der Waals surface area contributed by atoms with Crippen molar-refractivity contribution in [3.8, 4) is 0 Å². The Morgan fingerprint density at radius 2 is 1.70 bits per heavy atom. The maximum atomic E-state index is 15.9.